The van der Waals surface area contributed by atoms with Crippen LogP contribution >= 0.6 is 8.81 Å². The molecule has 1 unspecified atom stereocenters. The van der Waals surface area contributed by atoms with E-state index in [0.717, 1.165) is 0 Å². The monoisotopic (exact) mass is 94.0 g/mol. The summed E-state index contributed by atoms with van der Waals surface area (Å²) in [5.41, 5.74) is 0. The Morgan fingerprint density at radius 3 is 2.20 bits per heavy atom. The van der Waals surface area contributed by atoms with Crippen LogP contribution in [-0.4, -0.2) is 22.8 Å². The SMILES string of the molecule is OCCPO. The van der Waals surface area contributed by atoms with Gasteiger partial charge in [-0.1, -0.05) is 0 Å². The first-order valence-electron chi connectivity index (χ1n) is 1.39. The van der Waals surface area contributed by atoms with Crippen LogP contribution < -0.4 is 0 Å². The minimum absolute atomic E-state index is 0.0922. The van der Waals surface area contributed by atoms with Gasteiger partial charge in [0.2, 0.25) is 0 Å². The molecule has 0 heterocycles. The second-order valence-electron chi connectivity index (χ2n) is 0.632. The Morgan fingerprint density at radius 1 is 1.60 bits per heavy atom. The van der Waals surface area contributed by atoms with Gasteiger partial charge in [0.1, 0.15) is 0 Å². The molecule has 0 aliphatic rings. The molecule has 5 heavy (non-hydrogen) atoms. The van der Waals surface area contributed by atoms with E-state index in [1.54, 1.807) is 0 Å². The summed E-state index contributed by atoms with van der Waals surface area (Å²) >= 11 is 0. The van der Waals surface area contributed by atoms with Gasteiger partial charge in [-0.15, -0.1) is 0 Å². The molecule has 0 aliphatic carbocycles. The molecule has 0 saturated heterocycles. The molecule has 0 aromatic heterocycles. The molecule has 2 N–H and O–H groups in total. The summed E-state index contributed by atoms with van der Waals surface area (Å²) in [5.74, 6) is 0. The molecule has 0 aromatic carbocycles. The van der Waals surface area contributed by atoms with Crippen molar-refractivity contribution in [2.24, 2.45) is 0 Å². The van der Waals surface area contributed by atoms with Gasteiger partial charge in [0.25, 0.3) is 0 Å². The Kier molecular flexibility index (Phi) is 4.65. The van der Waals surface area contributed by atoms with Gasteiger partial charge in [-0.25, -0.2) is 0 Å². The average molecular weight is 94.0 g/mol. The van der Waals surface area contributed by atoms with Crippen LogP contribution in [0.4, 0.5) is 0 Å². The standard InChI is InChI=1S/C2H7O2P/c3-1-2-5-4/h3-5H,1-2H2. The van der Waals surface area contributed by atoms with E-state index in [9.17, 15) is 0 Å². The van der Waals surface area contributed by atoms with Crippen LogP contribution in [0.15, 0.2) is 0 Å². The minimum Gasteiger partial charge on any atom is -0.396 e. The third-order valence-corrected chi connectivity index (χ3v) is 0.671. The fourth-order valence-corrected chi connectivity index (χ4v) is 0.150. The van der Waals surface area contributed by atoms with Crippen molar-refractivity contribution in [2.45, 2.75) is 0 Å². The second kappa shape index (κ2) is 4.35. The lowest BCUT2D eigenvalue weighted by molar-refractivity contribution is 0.320. The molecular formula is C2H7O2P. The van der Waals surface area contributed by atoms with Gasteiger partial charge < -0.3 is 10.00 Å². The first-order chi connectivity index (χ1) is 2.41. The number of aliphatic hydroxyl groups is 1. The van der Waals surface area contributed by atoms with E-state index in [2.05, 4.69) is 0 Å². The first kappa shape index (κ1) is 5.35. The molecule has 0 amide bonds. The van der Waals surface area contributed by atoms with Crippen LogP contribution in [0.2, 0.25) is 0 Å². The van der Waals surface area contributed by atoms with E-state index >= 15 is 0 Å². The van der Waals surface area contributed by atoms with Crippen molar-refractivity contribution in [1.29, 1.82) is 0 Å². The molecule has 0 aromatic rings. The molecule has 3 heteroatoms. The molecule has 0 aliphatic heterocycles. The molecule has 0 bridgehead atoms. The lowest BCUT2D eigenvalue weighted by Gasteiger charge is -1.79. The van der Waals surface area contributed by atoms with Crippen molar-refractivity contribution in [1.82, 2.24) is 0 Å². The number of rotatable bonds is 2. The Hall–Kier alpha value is 0.350. The van der Waals surface area contributed by atoms with Crippen LogP contribution in [0.25, 0.3) is 0 Å². The van der Waals surface area contributed by atoms with E-state index < -0.39 is 0 Å². The maximum atomic E-state index is 7.93. The molecule has 2 nitrogen and oxygen atoms in total. The maximum absolute atomic E-state index is 7.93. The zero-order valence-electron chi connectivity index (χ0n) is 2.81. The van der Waals surface area contributed by atoms with Crippen molar-refractivity contribution in [3.63, 3.8) is 0 Å². The quantitative estimate of drug-likeness (QED) is 0.455. The summed E-state index contributed by atoms with van der Waals surface area (Å²) in [4.78, 5) is 7.93. The summed E-state index contributed by atoms with van der Waals surface area (Å²) in [6.07, 6.45) is 0.528. The first-order valence-corrected chi connectivity index (χ1v) is 2.55. The third-order valence-electron chi connectivity index (χ3n) is 0.224. The van der Waals surface area contributed by atoms with Crippen LogP contribution in [0.3, 0.4) is 0 Å². The fourth-order valence-electron chi connectivity index (χ4n) is 0.0500. The van der Waals surface area contributed by atoms with Gasteiger partial charge in [0.15, 0.2) is 0 Å². The zero-order valence-corrected chi connectivity index (χ0v) is 3.81. The summed E-state index contributed by atoms with van der Waals surface area (Å²) in [6.45, 7) is 0.106. The summed E-state index contributed by atoms with van der Waals surface area (Å²) in [7, 11) is -0.0922. The lowest BCUT2D eigenvalue weighted by atomic mass is 10.9. The molecule has 32 valence electrons. The fraction of sp³-hybridized carbons (Fsp3) is 1.00. The van der Waals surface area contributed by atoms with Crippen LogP contribution in [0, 0.1) is 0 Å². The second-order valence-corrected chi connectivity index (χ2v) is 1.45. The molecule has 1 atom stereocenters. The van der Waals surface area contributed by atoms with Crippen molar-refractivity contribution >= 4 is 8.81 Å². The van der Waals surface area contributed by atoms with Crippen molar-refractivity contribution < 1.29 is 10.00 Å². The largest absolute Gasteiger partial charge is 0.396 e. The van der Waals surface area contributed by atoms with Crippen LogP contribution in [-0.2, 0) is 0 Å². The molecular weight excluding hydrogens is 87.0 g/mol. The molecule has 0 radical (unpaired) electrons. The van der Waals surface area contributed by atoms with Crippen molar-refractivity contribution in [3.05, 3.63) is 0 Å². The van der Waals surface area contributed by atoms with E-state index in [0.29, 0.717) is 6.16 Å². The Balaban J connectivity index is 2.19. The third kappa shape index (κ3) is 4.35. The highest BCUT2D eigenvalue weighted by molar-refractivity contribution is 7.31. The van der Waals surface area contributed by atoms with E-state index in [4.69, 9.17) is 10.00 Å². The van der Waals surface area contributed by atoms with Crippen molar-refractivity contribution in [3.8, 4) is 0 Å². The zero-order chi connectivity index (χ0) is 4.12. The van der Waals surface area contributed by atoms with E-state index in [1.165, 1.54) is 0 Å². The summed E-state index contributed by atoms with van der Waals surface area (Å²) < 4.78 is 0. The highest BCUT2D eigenvalue weighted by Crippen LogP contribution is 1.95. The number of hydrogen-bond acceptors (Lipinski definition) is 2. The normalized spacial score (nSPS) is 10.8. The Bertz CT molecular complexity index is 15.1. The predicted molar refractivity (Wildman–Crippen MR) is 22.5 cm³/mol. The van der Waals surface area contributed by atoms with Gasteiger partial charge in [-0.3, -0.25) is 0 Å². The van der Waals surface area contributed by atoms with Crippen LogP contribution in [0.1, 0.15) is 0 Å². The Labute approximate surface area is 32.7 Å². The topological polar surface area (TPSA) is 40.5 Å². The highest BCUT2D eigenvalue weighted by atomic mass is 31.1. The van der Waals surface area contributed by atoms with Gasteiger partial charge >= 0.3 is 0 Å². The lowest BCUT2D eigenvalue weighted by Crippen LogP contribution is -1.79. The van der Waals surface area contributed by atoms with Crippen LogP contribution in [0.5, 0.6) is 0 Å². The molecule has 0 rings (SSSR count). The average Bonchev–Trinajstić information content (AvgIpc) is 1.41. The van der Waals surface area contributed by atoms with Gasteiger partial charge in [-0.2, -0.15) is 0 Å². The van der Waals surface area contributed by atoms with E-state index in [1.807, 2.05) is 0 Å². The van der Waals surface area contributed by atoms with Gasteiger partial charge in [-0.05, 0) is 0 Å². The van der Waals surface area contributed by atoms with Crippen molar-refractivity contribution in [2.75, 3.05) is 12.8 Å². The molecule has 0 fully saturated rings. The summed E-state index contributed by atoms with van der Waals surface area (Å²) in [6, 6.07) is 0. The van der Waals surface area contributed by atoms with E-state index in [-0.39, 0.29) is 15.4 Å². The van der Waals surface area contributed by atoms with Gasteiger partial charge in [0.05, 0.1) is 0 Å². The van der Waals surface area contributed by atoms with Gasteiger partial charge in [0, 0.05) is 21.6 Å². The minimum atomic E-state index is -0.0922. The number of hydrogen-bond donors (Lipinski definition) is 2. The smallest absolute Gasteiger partial charge is 0.0489 e. The highest BCUT2D eigenvalue weighted by Gasteiger charge is 1.70. The maximum Gasteiger partial charge on any atom is 0.0489 e. The molecule has 0 spiro atoms. The summed E-state index contributed by atoms with van der Waals surface area (Å²) in [5, 5.41) is 7.91. The molecule has 0 saturated carbocycles. The Morgan fingerprint density at radius 2 is 2.20 bits per heavy atom. The predicted octanol–water partition coefficient (Wildman–Crippen LogP) is -0.436. The number of aliphatic hydroxyl groups excluding tert-OH is 1.